The maximum Gasteiger partial charge on any atom is 1.00 e. The van der Waals surface area contributed by atoms with Crippen LogP contribution in [-0.2, 0) is 10.1 Å². The quantitative estimate of drug-likeness (QED) is 0.465. The number of hydrogen-bond acceptors (Lipinski definition) is 5. The summed E-state index contributed by atoms with van der Waals surface area (Å²) in [5, 5.41) is 12.2. The van der Waals surface area contributed by atoms with Gasteiger partial charge in [0.15, 0.2) is 0 Å². The minimum Gasteiger partial charge on any atom is -0.748 e. The van der Waals surface area contributed by atoms with E-state index in [2.05, 4.69) is 5.32 Å². The summed E-state index contributed by atoms with van der Waals surface area (Å²) in [7, 11) is -4.38. The molecule has 0 aliphatic heterocycles. The summed E-state index contributed by atoms with van der Waals surface area (Å²) in [6.45, 7) is 3.91. The van der Waals surface area contributed by atoms with Crippen molar-refractivity contribution in [2.45, 2.75) is 20.0 Å². The molecule has 1 atom stereocenters. The van der Waals surface area contributed by atoms with E-state index >= 15 is 0 Å². The van der Waals surface area contributed by atoms with E-state index in [1.165, 1.54) is 0 Å². The van der Waals surface area contributed by atoms with Crippen molar-refractivity contribution in [1.82, 2.24) is 0 Å². The van der Waals surface area contributed by atoms with E-state index in [1.807, 2.05) is 32.0 Å². The summed E-state index contributed by atoms with van der Waals surface area (Å²) in [6.07, 6.45) is -1.20. The Labute approximate surface area is 130 Å². The van der Waals surface area contributed by atoms with Crippen LogP contribution in [0.25, 0.3) is 0 Å². The molecule has 0 aromatic heterocycles. The number of aliphatic hydroxyl groups is 1. The number of anilines is 1. The van der Waals surface area contributed by atoms with Gasteiger partial charge in [-0.3, -0.25) is 0 Å². The number of rotatable bonds is 5. The molecule has 18 heavy (non-hydrogen) atoms. The van der Waals surface area contributed by atoms with Crippen LogP contribution >= 0.6 is 0 Å². The molecule has 1 aromatic rings. The molecule has 0 aliphatic rings. The van der Waals surface area contributed by atoms with Gasteiger partial charge in [0.1, 0.15) is 0 Å². The zero-order valence-electron chi connectivity index (χ0n) is 10.8. The predicted molar refractivity (Wildman–Crippen MR) is 65.0 cm³/mol. The standard InChI is InChI=1S/C11H17NO4S.Na/c1-8-3-9(2)5-10(4-8)12-6-11(13)7-17(14,15)16;/h3-5,11-13H,6-7H2,1-2H3,(H,14,15,16);/q;+1/p-1. The first kappa shape index (κ1) is 17.9. The van der Waals surface area contributed by atoms with E-state index in [-0.39, 0.29) is 36.1 Å². The predicted octanol–water partition coefficient (Wildman–Crippen LogP) is -2.37. The van der Waals surface area contributed by atoms with E-state index in [0.717, 1.165) is 16.8 Å². The van der Waals surface area contributed by atoms with Gasteiger partial charge in [0.25, 0.3) is 0 Å². The maximum absolute atomic E-state index is 10.4. The Balaban J connectivity index is 0.00000289. The largest absolute Gasteiger partial charge is 1.00 e. The number of aliphatic hydroxyl groups excluding tert-OH is 1. The van der Waals surface area contributed by atoms with Gasteiger partial charge in [-0.05, 0) is 37.1 Å². The summed E-state index contributed by atoms with van der Waals surface area (Å²) < 4.78 is 31.3. The van der Waals surface area contributed by atoms with Crippen LogP contribution in [0, 0.1) is 13.8 Å². The van der Waals surface area contributed by atoms with Crippen LogP contribution < -0.4 is 34.9 Å². The molecule has 0 saturated heterocycles. The summed E-state index contributed by atoms with van der Waals surface area (Å²) in [5.41, 5.74) is 2.93. The van der Waals surface area contributed by atoms with Gasteiger partial charge in [0.2, 0.25) is 0 Å². The van der Waals surface area contributed by atoms with Gasteiger partial charge in [0.05, 0.1) is 22.0 Å². The van der Waals surface area contributed by atoms with Gasteiger partial charge >= 0.3 is 29.6 Å². The zero-order chi connectivity index (χ0) is 13.1. The Morgan fingerprint density at radius 2 is 1.78 bits per heavy atom. The SMILES string of the molecule is Cc1cc(C)cc(NCC(O)CS(=O)(=O)[O-])c1.[Na+]. The van der Waals surface area contributed by atoms with Gasteiger partial charge < -0.3 is 15.0 Å². The Morgan fingerprint density at radius 3 is 2.22 bits per heavy atom. The molecular formula is C11H16NNaO4S. The minimum atomic E-state index is -4.38. The molecule has 0 radical (unpaired) electrons. The third kappa shape index (κ3) is 7.35. The second kappa shape index (κ2) is 7.47. The summed E-state index contributed by atoms with van der Waals surface area (Å²) in [6, 6.07) is 5.76. The molecule has 5 nitrogen and oxygen atoms in total. The van der Waals surface area contributed by atoms with Crippen molar-refractivity contribution in [3.05, 3.63) is 29.3 Å². The van der Waals surface area contributed by atoms with Crippen molar-refractivity contribution in [2.24, 2.45) is 0 Å². The summed E-state index contributed by atoms with van der Waals surface area (Å²) in [5.74, 6) is -0.773. The third-order valence-electron chi connectivity index (χ3n) is 2.16. The molecule has 0 saturated carbocycles. The first-order chi connectivity index (χ1) is 7.76. The Bertz CT molecular complexity index is 470. The van der Waals surface area contributed by atoms with Crippen molar-refractivity contribution >= 4 is 15.8 Å². The smallest absolute Gasteiger partial charge is 0.748 e. The van der Waals surface area contributed by atoms with Crippen LogP contribution in [-0.4, -0.2) is 36.5 Å². The number of aryl methyl sites for hydroxylation is 2. The second-order valence-electron chi connectivity index (χ2n) is 4.14. The number of nitrogens with one attached hydrogen (secondary N) is 1. The second-order valence-corrected chi connectivity index (χ2v) is 5.58. The Kier molecular flexibility index (Phi) is 7.43. The average molecular weight is 281 g/mol. The zero-order valence-corrected chi connectivity index (χ0v) is 13.6. The van der Waals surface area contributed by atoms with Crippen LogP contribution in [0.3, 0.4) is 0 Å². The first-order valence-corrected chi connectivity index (χ1v) is 6.78. The molecule has 1 rings (SSSR count). The first-order valence-electron chi connectivity index (χ1n) is 5.20. The fourth-order valence-corrected chi connectivity index (χ4v) is 2.20. The van der Waals surface area contributed by atoms with Gasteiger partial charge in [-0.2, -0.15) is 0 Å². The van der Waals surface area contributed by atoms with Crippen LogP contribution in [0.15, 0.2) is 18.2 Å². The monoisotopic (exact) mass is 281 g/mol. The number of hydrogen-bond donors (Lipinski definition) is 2. The summed E-state index contributed by atoms with van der Waals surface area (Å²) >= 11 is 0. The minimum absolute atomic E-state index is 0. The van der Waals surface area contributed by atoms with Crippen molar-refractivity contribution in [3.63, 3.8) is 0 Å². The molecule has 7 heteroatoms. The van der Waals surface area contributed by atoms with Gasteiger partial charge in [-0.1, -0.05) is 6.07 Å². The molecular weight excluding hydrogens is 265 g/mol. The fraction of sp³-hybridized carbons (Fsp3) is 0.455. The van der Waals surface area contributed by atoms with Crippen molar-refractivity contribution < 1.29 is 47.6 Å². The third-order valence-corrected chi connectivity index (χ3v) is 2.95. The summed E-state index contributed by atoms with van der Waals surface area (Å²) in [4.78, 5) is 0. The topological polar surface area (TPSA) is 89.5 Å². The van der Waals surface area contributed by atoms with Gasteiger partial charge in [-0.25, -0.2) is 8.42 Å². The van der Waals surface area contributed by atoms with Crippen molar-refractivity contribution in [3.8, 4) is 0 Å². The fourth-order valence-electron chi connectivity index (χ4n) is 1.61. The molecule has 2 N–H and O–H groups in total. The van der Waals surface area contributed by atoms with Crippen LogP contribution in [0.5, 0.6) is 0 Å². The van der Waals surface area contributed by atoms with E-state index in [0.29, 0.717) is 0 Å². The molecule has 1 aromatic carbocycles. The maximum atomic E-state index is 10.4. The molecule has 0 fully saturated rings. The average Bonchev–Trinajstić information content (AvgIpc) is 2.10. The van der Waals surface area contributed by atoms with Crippen molar-refractivity contribution in [1.29, 1.82) is 0 Å². The van der Waals surface area contributed by atoms with E-state index in [4.69, 9.17) is 0 Å². The van der Waals surface area contributed by atoms with Crippen LogP contribution in [0.1, 0.15) is 11.1 Å². The molecule has 0 heterocycles. The Morgan fingerprint density at radius 1 is 1.28 bits per heavy atom. The molecule has 0 amide bonds. The van der Waals surface area contributed by atoms with Gasteiger partial charge in [-0.15, -0.1) is 0 Å². The molecule has 0 spiro atoms. The molecule has 0 bridgehead atoms. The van der Waals surface area contributed by atoms with Gasteiger partial charge in [0, 0.05) is 12.2 Å². The molecule has 96 valence electrons. The van der Waals surface area contributed by atoms with Crippen molar-refractivity contribution in [2.75, 3.05) is 17.6 Å². The van der Waals surface area contributed by atoms with Crippen LogP contribution in [0.4, 0.5) is 5.69 Å². The normalized spacial score (nSPS) is 12.7. The molecule has 0 aliphatic carbocycles. The Hall–Kier alpha value is -0.110. The van der Waals surface area contributed by atoms with Crippen LogP contribution in [0.2, 0.25) is 0 Å². The molecule has 1 unspecified atom stereocenters. The van der Waals surface area contributed by atoms with E-state index in [1.54, 1.807) is 0 Å². The van der Waals surface area contributed by atoms with E-state index < -0.39 is 22.0 Å². The number of benzene rings is 1. The van der Waals surface area contributed by atoms with E-state index in [9.17, 15) is 18.1 Å².